The summed E-state index contributed by atoms with van der Waals surface area (Å²) < 4.78 is 0. The number of hydrogen-bond donors (Lipinski definition) is 4. The molecule has 2 atom stereocenters. The Hall–Kier alpha value is -2.00. The van der Waals surface area contributed by atoms with Crippen molar-refractivity contribution in [3.8, 4) is 0 Å². The van der Waals surface area contributed by atoms with Gasteiger partial charge in [-0.25, -0.2) is 9.59 Å². The molecular formula is C20H24N2O4S2. The van der Waals surface area contributed by atoms with Crippen molar-refractivity contribution in [1.29, 1.82) is 0 Å². The van der Waals surface area contributed by atoms with Gasteiger partial charge in [-0.1, -0.05) is 45.9 Å². The number of hydrogen-bond acceptors (Lipinski definition) is 6. The highest BCUT2D eigenvalue weighted by atomic mass is 33.1. The maximum atomic E-state index is 10.9. The van der Waals surface area contributed by atoms with Gasteiger partial charge in [-0.2, -0.15) is 0 Å². The Morgan fingerprint density at radius 3 is 1.32 bits per heavy atom. The Kier molecular flexibility index (Phi) is 8.85. The van der Waals surface area contributed by atoms with Gasteiger partial charge >= 0.3 is 11.9 Å². The van der Waals surface area contributed by atoms with E-state index in [2.05, 4.69) is 0 Å². The van der Waals surface area contributed by atoms with Crippen LogP contribution in [0.25, 0.3) is 0 Å². The van der Waals surface area contributed by atoms with Gasteiger partial charge in [0.25, 0.3) is 0 Å². The number of aromatic carboxylic acids is 2. The van der Waals surface area contributed by atoms with E-state index in [-0.39, 0.29) is 23.2 Å². The highest BCUT2D eigenvalue weighted by molar-refractivity contribution is 8.76. The van der Waals surface area contributed by atoms with Crippen LogP contribution in [0.2, 0.25) is 0 Å². The van der Waals surface area contributed by atoms with Gasteiger partial charge in [0.1, 0.15) is 0 Å². The standard InChI is InChI=1S/C20H24N2O4S2/c21-17(9-13-1-5-15(6-2-13)19(23)24)11-27-28-12-18(22)10-14-3-7-16(8-4-14)20(25)26/h1-8,17-18H,9-12,21-22H2,(H,23,24)(H,25,26)/t17-,18-/m0/s1. The van der Waals surface area contributed by atoms with Gasteiger partial charge in [-0.05, 0) is 48.2 Å². The van der Waals surface area contributed by atoms with Crippen LogP contribution in [0, 0.1) is 0 Å². The molecule has 8 heteroatoms. The summed E-state index contributed by atoms with van der Waals surface area (Å²) in [6.45, 7) is 0. The molecule has 0 saturated carbocycles. The van der Waals surface area contributed by atoms with Gasteiger partial charge in [0.05, 0.1) is 11.1 Å². The molecule has 28 heavy (non-hydrogen) atoms. The zero-order valence-corrected chi connectivity index (χ0v) is 16.9. The molecule has 2 rings (SSSR count). The molecule has 2 aromatic carbocycles. The monoisotopic (exact) mass is 420 g/mol. The molecule has 0 amide bonds. The van der Waals surface area contributed by atoms with Crippen molar-refractivity contribution < 1.29 is 19.8 Å². The fourth-order valence-electron chi connectivity index (χ4n) is 2.56. The van der Waals surface area contributed by atoms with Crippen LogP contribution in [-0.2, 0) is 12.8 Å². The lowest BCUT2D eigenvalue weighted by Gasteiger charge is -2.13. The first kappa shape index (κ1) is 22.3. The van der Waals surface area contributed by atoms with Crippen LogP contribution < -0.4 is 11.5 Å². The van der Waals surface area contributed by atoms with E-state index in [4.69, 9.17) is 21.7 Å². The second kappa shape index (κ2) is 11.1. The van der Waals surface area contributed by atoms with Crippen LogP contribution >= 0.6 is 21.6 Å². The Labute approximate surface area is 172 Å². The Bertz CT molecular complexity index is 714. The maximum Gasteiger partial charge on any atom is 0.335 e. The van der Waals surface area contributed by atoms with Crippen LogP contribution in [0.1, 0.15) is 31.8 Å². The molecule has 6 N–H and O–H groups in total. The summed E-state index contributed by atoms with van der Waals surface area (Å²) in [5.74, 6) is -0.328. The molecule has 150 valence electrons. The summed E-state index contributed by atoms with van der Waals surface area (Å²) in [5.41, 5.74) is 14.9. The first-order valence-corrected chi connectivity index (χ1v) is 11.2. The van der Waals surface area contributed by atoms with Crippen molar-refractivity contribution in [1.82, 2.24) is 0 Å². The van der Waals surface area contributed by atoms with Gasteiger partial charge in [-0.15, -0.1) is 0 Å². The van der Waals surface area contributed by atoms with Crippen molar-refractivity contribution in [3.63, 3.8) is 0 Å². The minimum Gasteiger partial charge on any atom is -0.478 e. The lowest BCUT2D eigenvalue weighted by Crippen LogP contribution is -2.27. The number of benzene rings is 2. The van der Waals surface area contributed by atoms with E-state index >= 15 is 0 Å². The van der Waals surface area contributed by atoms with Gasteiger partial charge in [-0.3, -0.25) is 0 Å². The third-order valence-electron chi connectivity index (χ3n) is 4.05. The van der Waals surface area contributed by atoms with Crippen LogP contribution in [0.4, 0.5) is 0 Å². The van der Waals surface area contributed by atoms with Crippen LogP contribution in [-0.4, -0.2) is 45.7 Å². The molecule has 0 radical (unpaired) electrons. The summed E-state index contributed by atoms with van der Waals surface area (Å²) in [6.07, 6.45) is 1.38. The molecule has 0 aromatic heterocycles. The van der Waals surface area contributed by atoms with E-state index in [0.717, 1.165) is 22.6 Å². The minimum atomic E-state index is -0.933. The topological polar surface area (TPSA) is 127 Å². The fraction of sp³-hybridized carbons (Fsp3) is 0.300. The van der Waals surface area contributed by atoms with Crippen molar-refractivity contribution in [3.05, 3.63) is 70.8 Å². The summed E-state index contributed by atoms with van der Waals surface area (Å²) in [6, 6.07) is 13.5. The highest BCUT2D eigenvalue weighted by Crippen LogP contribution is 2.24. The number of nitrogens with two attached hydrogens (primary N) is 2. The summed E-state index contributed by atoms with van der Waals surface area (Å²) >= 11 is 0. The number of rotatable bonds is 11. The molecule has 0 bridgehead atoms. The van der Waals surface area contributed by atoms with Crippen molar-refractivity contribution in [2.24, 2.45) is 11.5 Å². The minimum absolute atomic E-state index is 0.0204. The van der Waals surface area contributed by atoms with E-state index in [1.807, 2.05) is 0 Å². The molecular weight excluding hydrogens is 396 g/mol. The van der Waals surface area contributed by atoms with Crippen LogP contribution in [0.3, 0.4) is 0 Å². The second-order valence-corrected chi connectivity index (χ2v) is 9.05. The molecule has 6 nitrogen and oxygen atoms in total. The van der Waals surface area contributed by atoms with E-state index in [1.165, 1.54) is 0 Å². The quantitative estimate of drug-likeness (QED) is 0.323. The van der Waals surface area contributed by atoms with E-state index < -0.39 is 11.9 Å². The van der Waals surface area contributed by atoms with Crippen LogP contribution in [0.15, 0.2) is 48.5 Å². The van der Waals surface area contributed by atoms with Gasteiger partial charge in [0.15, 0.2) is 0 Å². The molecule has 0 fully saturated rings. The third-order valence-corrected chi connectivity index (χ3v) is 6.66. The predicted molar refractivity (Wildman–Crippen MR) is 115 cm³/mol. The number of carboxylic acids is 2. The molecule has 0 spiro atoms. The zero-order chi connectivity index (χ0) is 20.5. The van der Waals surface area contributed by atoms with E-state index in [1.54, 1.807) is 70.1 Å². The van der Waals surface area contributed by atoms with Gasteiger partial charge in [0.2, 0.25) is 0 Å². The summed E-state index contributed by atoms with van der Waals surface area (Å²) in [5, 5.41) is 17.8. The summed E-state index contributed by atoms with van der Waals surface area (Å²) in [4.78, 5) is 21.7. The molecule has 0 heterocycles. The average Bonchev–Trinajstić information content (AvgIpc) is 2.66. The highest BCUT2D eigenvalue weighted by Gasteiger charge is 2.09. The van der Waals surface area contributed by atoms with E-state index in [9.17, 15) is 9.59 Å². The van der Waals surface area contributed by atoms with E-state index in [0.29, 0.717) is 12.8 Å². The Morgan fingerprint density at radius 2 is 1.04 bits per heavy atom. The SMILES string of the molecule is N[C@H](CSSC[C@@H](N)Cc1ccc(C(=O)O)cc1)Cc1ccc(C(=O)O)cc1. The number of carbonyl (C=O) groups is 2. The average molecular weight is 421 g/mol. The largest absolute Gasteiger partial charge is 0.478 e. The first-order valence-electron chi connectivity index (χ1n) is 8.75. The fourth-order valence-corrected chi connectivity index (χ4v) is 4.97. The number of carboxylic acid groups (broad SMARTS) is 2. The lowest BCUT2D eigenvalue weighted by molar-refractivity contribution is 0.0686. The van der Waals surface area contributed by atoms with Gasteiger partial charge in [0, 0.05) is 23.6 Å². The smallest absolute Gasteiger partial charge is 0.335 e. The van der Waals surface area contributed by atoms with Crippen molar-refractivity contribution >= 4 is 33.5 Å². The first-order chi connectivity index (χ1) is 13.3. The van der Waals surface area contributed by atoms with Crippen molar-refractivity contribution in [2.45, 2.75) is 24.9 Å². The molecule has 0 aliphatic heterocycles. The van der Waals surface area contributed by atoms with Crippen LogP contribution in [0.5, 0.6) is 0 Å². The Morgan fingerprint density at radius 1 is 0.714 bits per heavy atom. The Balaban J connectivity index is 1.65. The lowest BCUT2D eigenvalue weighted by atomic mass is 10.1. The van der Waals surface area contributed by atoms with Crippen molar-refractivity contribution in [2.75, 3.05) is 11.5 Å². The molecule has 0 aliphatic rings. The maximum absolute atomic E-state index is 10.9. The third kappa shape index (κ3) is 7.55. The van der Waals surface area contributed by atoms with Gasteiger partial charge < -0.3 is 21.7 Å². The molecule has 0 unspecified atom stereocenters. The second-order valence-electron chi connectivity index (χ2n) is 6.50. The molecule has 0 saturated heterocycles. The molecule has 2 aromatic rings. The normalized spacial score (nSPS) is 13.1. The summed E-state index contributed by atoms with van der Waals surface area (Å²) in [7, 11) is 3.35. The molecule has 0 aliphatic carbocycles. The predicted octanol–water partition coefficient (Wildman–Crippen LogP) is 2.90. The zero-order valence-electron chi connectivity index (χ0n) is 15.3.